The van der Waals surface area contributed by atoms with Gasteiger partial charge in [-0.1, -0.05) is 20.3 Å². The van der Waals surface area contributed by atoms with Crippen molar-refractivity contribution in [2.24, 2.45) is 5.92 Å². The molecule has 2 N–H and O–H groups in total. The third kappa shape index (κ3) is 4.76. The van der Waals surface area contributed by atoms with Gasteiger partial charge in [0.05, 0.1) is 6.07 Å². The van der Waals surface area contributed by atoms with Gasteiger partial charge in [0.25, 0.3) is 0 Å². The largest absolute Gasteiger partial charge is 0.480 e. The Morgan fingerprint density at radius 1 is 1.60 bits per heavy atom. The Hall–Kier alpha value is -1.13. The number of carboxylic acids is 1. The molecule has 0 fully saturated rings. The first kappa shape index (κ1) is 13.9. The highest BCUT2D eigenvalue weighted by atomic mass is 32.2. The highest BCUT2D eigenvalue weighted by Gasteiger charge is 2.28. The van der Waals surface area contributed by atoms with Crippen LogP contribution in [0, 0.1) is 17.2 Å². The number of carboxylic acid groups (broad SMARTS) is 1. The molecule has 2 unspecified atom stereocenters. The van der Waals surface area contributed by atoms with Crippen LogP contribution in [-0.2, 0) is 14.8 Å². The fraction of sp³-hybridized carbons (Fsp3) is 0.750. The summed E-state index contributed by atoms with van der Waals surface area (Å²) in [5, 5.41) is 17.0. The smallest absolute Gasteiger partial charge is 0.322 e. The van der Waals surface area contributed by atoms with Crippen LogP contribution in [0.4, 0.5) is 0 Å². The number of aliphatic carboxylic acids is 1. The summed E-state index contributed by atoms with van der Waals surface area (Å²) in [7, 11) is -3.82. The van der Waals surface area contributed by atoms with Crippen LogP contribution in [0.25, 0.3) is 0 Å². The highest BCUT2D eigenvalue weighted by Crippen LogP contribution is 2.09. The summed E-state index contributed by atoms with van der Waals surface area (Å²) in [6.07, 6.45) is 0.534. The van der Waals surface area contributed by atoms with Gasteiger partial charge in [0.15, 0.2) is 5.75 Å². The van der Waals surface area contributed by atoms with Crippen LogP contribution in [0.3, 0.4) is 0 Å². The number of nitriles is 1. The van der Waals surface area contributed by atoms with Gasteiger partial charge in [-0.15, -0.1) is 0 Å². The molecule has 0 saturated heterocycles. The lowest BCUT2D eigenvalue weighted by Crippen LogP contribution is -2.45. The first-order valence-electron chi connectivity index (χ1n) is 4.43. The number of nitrogens with one attached hydrogen (secondary N) is 1. The molecular formula is C8H14N2O4S. The van der Waals surface area contributed by atoms with Gasteiger partial charge < -0.3 is 5.11 Å². The summed E-state index contributed by atoms with van der Waals surface area (Å²) in [5.41, 5.74) is 0. The molecule has 0 saturated carbocycles. The van der Waals surface area contributed by atoms with Crippen LogP contribution in [0.15, 0.2) is 0 Å². The summed E-state index contributed by atoms with van der Waals surface area (Å²) in [6, 6.07) is 0.293. The first-order valence-corrected chi connectivity index (χ1v) is 6.09. The van der Waals surface area contributed by atoms with E-state index in [0.717, 1.165) is 0 Å². The summed E-state index contributed by atoms with van der Waals surface area (Å²) in [6.45, 7) is 3.40. The molecule has 0 aromatic carbocycles. The van der Waals surface area contributed by atoms with Crippen molar-refractivity contribution in [2.75, 3.05) is 5.75 Å². The van der Waals surface area contributed by atoms with Crippen molar-refractivity contribution in [2.45, 2.75) is 26.3 Å². The van der Waals surface area contributed by atoms with E-state index in [1.165, 1.54) is 6.07 Å². The monoisotopic (exact) mass is 234 g/mol. The maximum atomic E-state index is 11.2. The van der Waals surface area contributed by atoms with Crippen molar-refractivity contribution < 1.29 is 18.3 Å². The van der Waals surface area contributed by atoms with Crippen molar-refractivity contribution in [3.63, 3.8) is 0 Å². The molecule has 0 heterocycles. The second-order valence-corrected chi connectivity index (χ2v) is 4.99. The van der Waals surface area contributed by atoms with E-state index in [1.54, 1.807) is 13.8 Å². The molecular weight excluding hydrogens is 220 g/mol. The Labute approximate surface area is 89.0 Å². The van der Waals surface area contributed by atoms with E-state index in [4.69, 9.17) is 10.4 Å². The Morgan fingerprint density at radius 2 is 2.13 bits per heavy atom. The topological polar surface area (TPSA) is 107 Å². The molecule has 0 aliphatic heterocycles. The quantitative estimate of drug-likeness (QED) is 0.668. The summed E-state index contributed by atoms with van der Waals surface area (Å²) in [5.74, 6) is -2.28. The Morgan fingerprint density at radius 3 is 2.47 bits per heavy atom. The first-order chi connectivity index (χ1) is 6.84. The van der Waals surface area contributed by atoms with Crippen LogP contribution in [-0.4, -0.2) is 31.3 Å². The van der Waals surface area contributed by atoms with E-state index in [1.807, 2.05) is 4.72 Å². The normalized spacial score (nSPS) is 15.3. The molecule has 0 aliphatic rings. The molecule has 15 heavy (non-hydrogen) atoms. The summed E-state index contributed by atoms with van der Waals surface area (Å²) in [4.78, 5) is 10.8. The van der Waals surface area contributed by atoms with Crippen molar-refractivity contribution in [3.05, 3.63) is 0 Å². The third-order valence-electron chi connectivity index (χ3n) is 2.04. The molecule has 2 atom stereocenters. The summed E-state index contributed by atoms with van der Waals surface area (Å²) >= 11 is 0. The van der Waals surface area contributed by atoms with E-state index in [0.29, 0.717) is 6.42 Å². The Kier molecular flexibility index (Phi) is 5.25. The fourth-order valence-corrected chi connectivity index (χ4v) is 1.94. The van der Waals surface area contributed by atoms with Gasteiger partial charge in [0, 0.05) is 0 Å². The number of sulfonamides is 1. The number of rotatable bonds is 6. The minimum atomic E-state index is -3.82. The lowest BCUT2D eigenvalue weighted by Gasteiger charge is -2.19. The molecule has 0 aromatic heterocycles. The van der Waals surface area contributed by atoms with Gasteiger partial charge in [-0.3, -0.25) is 4.79 Å². The maximum absolute atomic E-state index is 11.2. The zero-order valence-electron chi connectivity index (χ0n) is 8.60. The van der Waals surface area contributed by atoms with Gasteiger partial charge in [-0.25, -0.2) is 8.42 Å². The van der Waals surface area contributed by atoms with E-state index in [-0.39, 0.29) is 5.92 Å². The van der Waals surface area contributed by atoms with Gasteiger partial charge in [0.1, 0.15) is 6.04 Å². The number of carbonyl (C=O) groups is 1. The molecule has 0 aliphatic carbocycles. The lowest BCUT2D eigenvalue weighted by atomic mass is 10.0. The number of hydrogen-bond acceptors (Lipinski definition) is 4. The molecule has 0 amide bonds. The number of nitrogens with zero attached hydrogens (tertiary/aromatic N) is 1. The highest BCUT2D eigenvalue weighted by molar-refractivity contribution is 7.89. The molecule has 0 spiro atoms. The minimum Gasteiger partial charge on any atom is -0.480 e. The molecule has 0 aromatic rings. The standard InChI is InChI=1S/C8H14N2O4S/c1-3-6(2)7(8(11)12)10-15(13,14)5-4-9/h6-7,10H,3,5H2,1-2H3,(H,11,12). The van der Waals surface area contributed by atoms with Crippen LogP contribution in [0.1, 0.15) is 20.3 Å². The molecule has 0 bridgehead atoms. The average Bonchev–Trinajstić information content (AvgIpc) is 2.12. The predicted octanol–water partition coefficient (Wildman–Crippen LogP) is -0.0713. The fourth-order valence-electron chi connectivity index (χ4n) is 0.966. The van der Waals surface area contributed by atoms with Crippen LogP contribution in [0.2, 0.25) is 0 Å². The SMILES string of the molecule is CCC(C)C(NS(=O)(=O)CC#N)C(=O)O. The Balaban J connectivity index is 4.71. The number of hydrogen-bond donors (Lipinski definition) is 2. The van der Waals surface area contributed by atoms with Crippen molar-refractivity contribution >= 4 is 16.0 Å². The van der Waals surface area contributed by atoms with E-state index < -0.39 is 27.8 Å². The minimum absolute atomic E-state index is 0.323. The Bertz CT molecular complexity index is 357. The van der Waals surface area contributed by atoms with Gasteiger partial charge in [0.2, 0.25) is 10.0 Å². The van der Waals surface area contributed by atoms with E-state index in [2.05, 4.69) is 0 Å². The van der Waals surface area contributed by atoms with Crippen molar-refractivity contribution in [3.8, 4) is 6.07 Å². The zero-order chi connectivity index (χ0) is 12.1. The molecule has 0 radical (unpaired) electrons. The van der Waals surface area contributed by atoms with Crippen LogP contribution < -0.4 is 4.72 Å². The van der Waals surface area contributed by atoms with Crippen molar-refractivity contribution in [1.29, 1.82) is 5.26 Å². The van der Waals surface area contributed by atoms with E-state index in [9.17, 15) is 13.2 Å². The predicted molar refractivity (Wildman–Crippen MR) is 53.4 cm³/mol. The second kappa shape index (κ2) is 5.68. The van der Waals surface area contributed by atoms with Crippen molar-refractivity contribution in [1.82, 2.24) is 4.72 Å². The van der Waals surface area contributed by atoms with Gasteiger partial charge in [-0.05, 0) is 5.92 Å². The van der Waals surface area contributed by atoms with Gasteiger partial charge >= 0.3 is 5.97 Å². The molecule has 86 valence electrons. The third-order valence-corrected chi connectivity index (χ3v) is 3.16. The average molecular weight is 234 g/mol. The zero-order valence-corrected chi connectivity index (χ0v) is 9.41. The second-order valence-electron chi connectivity index (χ2n) is 3.24. The molecule has 7 heteroatoms. The molecule has 6 nitrogen and oxygen atoms in total. The molecule has 0 rings (SSSR count). The maximum Gasteiger partial charge on any atom is 0.322 e. The van der Waals surface area contributed by atoms with Gasteiger partial charge in [-0.2, -0.15) is 9.98 Å². The van der Waals surface area contributed by atoms with Crippen LogP contribution in [0.5, 0.6) is 0 Å². The van der Waals surface area contributed by atoms with E-state index >= 15 is 0 Å². The lowest BCUT2D eigenvalue weighted by molar-refractivity contribution is -0.140. The summed E-state index contributed by atoms with van der Waals surface area (Å²) < 4.78 is 24.3. The van der Waals surface area contributed by atoms with Crippen LogP contribution >= 0.6 is 0 Å².